The smallest absolute Gasteiger partial charge is 0.0297 e. The van der Waals surface area contributed by atoms with Crippen LogP contribution in [0.1, 0.15) is 72.6 Å². The number of rotatable bonds is 8. The summed E-state index contributed by atoms with van der Waals surface area (Å²) in [7, 11) is 0. The summed E-state index contributed by atoms with van der Waals surface area (Å²) in [5.41, 5.74) is 1.69. The van der Waals surface area contributed by atoms with Crippen LogP contribution in [0.5, 0.6) is 0 Å². The molecule has 84 valence electrons. The first kappa shape index (κ1) is 13.7. The number of hydrogen-bond acceptors (Lipinski definition) is 0. The van der Waals surface area contributed by atoms with Crippen LogP contribution in [-0.4, -0.2) is 0 Å². The molecule has 0 aromatic rings. The minimum atomic E-state index is 0.818. The Balaban J connectivity index is 3.69. The Morgan fingerprint density at radius 1 is 1.07 bits per heavy atom. The van der Waals surface area contributed by atoms with Crippen molar-refractivity contribution in [3.05, 3.63) is 11.6 Å². The van der Waals surface area contributed by atoms with Crippen LogP contribution in [-0.2, 0) is 0 Å². The van der Waals surface area contributed by atoms with E-state index in [2.05, 4.69) is 33.8 Å². The van der Waals surface area contributed by atoms with Gasteiger partial charge in [-0.1, -0.05) is 58.6 Å². The highest BCUT2D eigenvalue weighted by molar-refractivity contribution is 5.02. The van der Waals surface area contributed by atoms with Gasteiger partial charge in [-0.05, 0) is 31.6 Å². The van der Waals surface area contributed by atoms with Gasteiger partial charge in [0.2, 0.25) is 0 Å². The fourth-order valence-electron chi connectivity index (χ4n) is 1.88. The van der Waals surface area contributed by atoms with Gasteiger partial charge in [-0.25, -0.2) is 0 Å². The molecule has 0 nitrogen and oxygen atoms in total. The SMILES string of the molecule is CCC=C(CCCCCC)CC(C)C. The number of allylic oxidation sites excluding steroid dienone is 2. The van der Waals surface area contributed by atoms with Gasteiger partial charge >= 0.3 is 0 Å². The number of unbranched alkanes of at least 4 members (excludes halogenated alkanes) is 3. The van der Waals surface area contributed by atoms with E-state index in [1.54, 1.807) is 5.57 Å². The zero-order chi connectivity index (χ0) is 10.8. The molecule has 0 amide bonds. The highest BCUT2D eigenvalue weighted by Crippen LogP contribution is 2.18. The molecule has 0 saturated carbocycles. The van der Waals surface area contributed by atoms with E-state index in [1.807, 2.05) is 0 Å². The van der Waals surface area contributed by atoms with E-state index in [0.29, 0.717) is 0 Å². The van der Waals surface area contributed by atoms with Crippen LogP contribution >= 0.6 is 0 Å². The van der Waals surface area contributed by atoms with Gasteiger partial charge < -0.3 is 0 Å². The molecule has 0 fully saturated rings. The van der Waals surface area contributed by atoms with Gasteiger partial charge in [-0.3, -0.25) is 0 Å². The Morgan fingerprint density at radius 3 is 2.29 bits per heavy atom. The van der Waals surface area contributed by atoms with Crippen molar-refractivity contribution in [3.8, 4) is 0 Å². The van der Waals surface area contributed by atoms with Gasteiger partial charge in [0.05, 0.1) is 0 Å². The van der Waals surface area contributed by atoms with Crippen molar-refractivity contribution in [2.45, 2.75) is 72.6 Å². The van der Waals surface area contributed by atoms with E-state index in [0.717, 1.165) is 5.92 Å². The predicted octanol–water partition coefficient (Wildman–Crippen LogP) is 5.34. The summed E-state index contributed by atoms with van der Waals surface area (Å²) in [5, 5.41) is 0. The molecule has 0 radical (unpaired) electrons. The average molecular weight is 196 g/mol. The average Bonchev–Trinajstić information content (AvgIpc) is 2.12. The van der Waals surface area contributed by atoms with Crippen molar-refractivity contribution >= 4 is 0 Å². The van der Waals surface area contributed by atoms with Crippen molar-refractivity contribution in [1.29, 1.82) is 0 Å². The molecular formula is C14H28. The first-order valence-corrected chi connectivity index (χ1v) is 6.38. The second-order valence-electron chi connectivity index (χ2n) is 4.68. The second kappa shape index (κ2) is 9.30. The van der Waals surface area contributed by atoms with E-state index in [-0.39, 0.29) is 0 Å². The Bertz CT molecular complexity index is 142. The largest absolute Gasteiger partial charge is 0.0856 e. The highest BCUT2D eigenvalue weighted by Gasteiger charge is 2.00. The summed E-state index contributed by atoms with van der Waals surface area (Å²) in [5.74, 6) is 0.818. The van der Waals surface area contributed by atoms with E-state index < -0.39 is 0 Å². The first-order chi connectivity index (χ1) is 6.70. The van der Waals surface area contributed by atoms with Crippen LogP contribution in [0.15, 0.2) is 11.6 Å². The first-order valence-electron chi connectivity index (χ1n) is 6.38. The van der Waals surface area contributed by atoms with E-state index in [9.17, 15) is 0 Å². The molecule has 0 N–H and O–H groups in total. The molecular weight excluding hydrogens is 168 g/mol. The van der Waals surface area contributed by atoms with Gasteiger partial charge in [0.1, 0.15) is 0 Å². The lowest BCUT2D eigenvalue weighted by Gasteiger charge is -2.10. The fourth-order valence-corrected chi connectivity index (χ4v) is 1.88. The second-order valence-corrected chi connectivity index (χ2v) is 4.68. The summed E-state index contributed by atoms with van der Waals surface area (Å²) >= 11 is 0. The summed E-state index contributed by atoms with van der Waals surface area (Å²) in [6.45, 7) is 9.15. The Kier molecular flexibility index (Phi) is 9.13. The van der Waals surface area contributed by atoms with Crippen molar-refractivity contribution < 1.29 is 0 Å². The van der Waals surface area contributed by atoms with Crippen molar-refractivity contribution in [2.24, 2.45) is 5.92 Å². The van der Waals surface area contributed by atoms with E-state index >= 15 is 0 Å². The monoisotopic (exact) mass is 196 g/mol. The van der Waals surface area contributed by atoms with Gasteiger partial charge in [0, 0.05) is 0 Å². The standard InChI is InChI=1S/C14H28/c1-5-7-8-9-11-14(10-6-2)12-13(3)4/h10,13H,5-9,11-12H2,1-4H3. The zero-order valence-electron chi connectivity index (χ0n) is 10.6. The molecule has 0 spiro atoms. The van der Waals surface area contributed by atoms with Crippen LogP contribution in [0.25, 0.3) is 0 Å². The molecule has 0 aliphatic carbocycles. The molecule has 0 aromatic carbocycles. The van der Waals surface area contributed by atoms with Gasteiger partial charge in [0.25, 0.3) is 0 Å². The molecule has 0 aliphatic rings. The van der Waals surface area contributed by atoms with E-state index in [4.69, 9.17) is 0 Å². The van der Waals surface area contributed by atoms with Crippen molar-refractivity contribution in [1.82, 2.24) is 0 Å². The molecule has 0 bridgehead atoms. The molecule has 0 atom stereocenters. The molecule has 0 heterocycles. The maximum Gasteiger partial charge on any atom is -0.0297 e. The van der Waals surface area contributed by atoms with Gasteiger partial charge in [-0.2, -0.15) is 0 Å². The molecule has 0 saturated heterocycles. The van der Waals surface area contributed by atoms with Crippen LogP contribution < -0.4 is 0 Å². The van der Waals surface area contributed by atoms with Crippen LogP contribution in [0.4, 0.5) is 0 Å². The minimum absolute atomic E-state index is 0.818. The summed E-state index contributed by atoms with van der Waals surface area (Å²) in [6.07, 6.45) is 11.8. The third-order valence-corrected chi connectivity index (χ3v) is 2.51. The van der Waals surface area contributed by atoms with Crippen molar-refractivity contribution in [2.75, 3.05) is 0 Å². The molecule has 0 rings (SSSR count). The van der Waals surface area contributed by atoms with Crippen LogP contribution in [0.2, 0.25) is 0 Å². The summed E-state index contributed by atoms with van der Waals surface area (Å²) in [6, 6.07) is 0. The topological polar surface area (TPSA) is 0 Å². The molecule has 0 heteroatoms. The van der Waals surface area contributed by atoms with Crippen LogP contribution in [0.3, 0.4) is 0 Å². The van der Waals surface area contributed by atoms with Gasteiger partial charge in [0.15, 0.2) is 0 Å². The van der Waals surface area contributed by atoms with E-state index in [1.165, 1.54) is 44.9 Å². The van der Waals surface area contributed by atoms with Crippen molar-refractivity contribution in [3.63, 3.8) is 0 Å². The third-order valence-electron chi connectivity index (χ3n) is 2.51. The lowest BCUT2D eigenvalue weighted by atomic mass is 9.97. The lowest BCUT2D eigenvalue weighted by molar-refractivity contribution is 0.595. The molecule has 0 unspecified atom stereocenters. The highest BCUT2D eigenvalue weighted by atomic mass is 14.1. The fraction of sp³-hybridized carbons (Fsp3) is 0.857. The normalized spacial score (nSPS) is 12.5. The predicted molar refractivity (Wildman–Crippen MR) is 66.6 cm³/mol. The lowest BCUT2D eigenvalue weighted by Crippen LogP contribution is -1.92. The molecule has 0 aromatic heterocycles. The molecule has 0 aliphatic heterocycles. The minimum Gasteiger partial charge on any atom is -0.0856 e. The third kappa shape index (κ3) is 8.34. The Hall–Kier alpha value is -0.260. The maximum atomic E-state index is 2.44. The Labute approximate surface area is 90.8 Å². The quantitative estimate of drug-likeness (QED) is 0.363. The number of hydrogen-bond donors (Lipinski definition) is 0. The summed E-state index contributed by atoms with van der Waals surface area (Å²) < 4.78 is 0. The van der Waals surface area contributed by atoms with Crippen LogP contribution in [0, 0.1) is 5.92 Å². The molecule has 14 heavy (non-hydrogen) atoms. The van der Waals surface area contributed by atoms with Gasteiger partial charge in [-0.15, -0.1) is 0 Å². The maximum absolute atomic E-state index is 2.44. The summed E-state index contributed by atoms with van der Waals surface area (Å²) in [4.78, 5) is 0. The Morgan fingerprint density at radius 2 is 1.79 bits per heavy atom. The zero-order valence-corrected chi connectivity index (χ0v) is 10.6.